The molecule has 0 saturated carbocycles. The number of thioether (sulfide) groups is 1. The Labute approximate surface area is 124 Å². The van der Waals surface area contributed by atoms with Gasteiger partial charge in [0.1, 0.15) is 16.9 Å². The molecule has 0 aliphatic carbocycles. The van der Waals surface area contributed by atoms with Gasteiger partial charge in [-0.2, -0.15) is 0 Å². The Balaban J connectivity index is 1.87. The first-order chi connectivity index (χ1) is 10.3. The molecule has 0 atom stereocenters. The molecule has 3 rings (SSSR count). The molecule has 0 unspecified atom stereocenters. The smallest absolute Gasteiger partial charge is 0.181 e. The third-order valence-corrected chi connectivity index (χ3v) is 3.99. The van der Waals surface area contributed by atoms with Gasteiger partial charge >= 0.3 is 0 Å². The summed E-state index contributed by atoms with van der Waals surface area (Å²) in [6.07, 6.45) is 3.08. The minimum absolute atomic E-state index is 0.0978. The van der Waals surface area contributed by atoms with Crippen LogP contribution in [0.2, 0.25) is 0 Å². The van der Waals surface area contributed by atoms with E-state index in [2.05, 4.69) is 25.1 Å². The lowest BCUT2D eigenvalue weighted by molar-refractivity contribution is 0.318. The molecule has 1 aromatic carbocycles. The van der Waals surface area contributed by atoms with E-state index in [0.717, 1.165) is 16.1 Å². The Morgan fingerprint density at radius 1 is 1.29 bits per heavy atom. The van der Waals surface area contributed by atoms with Gasteiger partial charge in [-0.1, -0.05) is 41.2 Å². The molecular formula is C13H12N6OS. The number of H-pyrrole nitrogens is 1. The Morgan fingerprint density at radius 2 is 2.14 bits per heavy atom. The van der Waals surface area contributed by atoms with Crippen LogP contribution in [0.15, 0.2) is 47.1 Å². The highest BCUT2D eigenvalue weighted by atomic mass is 32.2. The second-order valence-electron chi connectivity index (χ2n) is 4.21. The maximum atomic E-state index is 8.83. The van der Waals surface area contributed by atoms with Crippen molar-refractivity contribution >= 4 is 28.8 Å². The van der Waals surface area contributed by atoms with Crippen LogP contribution in [0.4, 0.5) is 0 Å². The van der Waals surface area contributed by atoms with E-state index in [1.807, 2.05) is 24.3 Å². The Bertz CT molecular complexity index is 800. The van der Waals surface area contributed by atoms with Crippen LogP contribution in [0.1, 0.15) is 11.1 Å². The van der Waals surface area contributed by atoms with E-state index in [9.17, 15) is 0 Å². The quantitative estimate of drug-likeness (QED) is 0.169. The summed E-state index contributed by atoms with van der Waals surface area (Å²) in [5.41, 5.74) is 8.81. The number of benzene rings is 1. The maximum Gasteiger partial charge on any atom is 0.181 e. The topological polar surface area (TPSA) is 113 Å². The van der Waals surface area contributed by atoms with Crippen LogP contribution in [0.25, 0.3) is 11.2 Å². The second kappa shape index (κ2) is 5.80. The number of rotatable bonds is 4. The molecule has 0 radical (unpaired) electrons. The van der Waals surface area contributed by atoms with Gasteiger partial charge in [0.25, 0.3) is 0 Å². The third kappa shape index (κ3) is 2.65. The van der Waals surface area contributed by atoms with E-state index in [1.54, 1.807) is 6.33 Å². The van der Waals surface area contributed by atoms with Crippen molar-refractivity contribution in [2.45, 2.75) is 10.8 Å². The van der Waals surface area contributed by atoms with Crippen LogP contribution in [0.3, 0.4) is 0 Å². The van der Waals surface area contributed by atoms with Crippen molar-refractivity contribution in [2.75, 3.05) is 0 Å². The van der Waals surface area contributed by atoms with Crippen LogP contribution in [0.5, 0.6) is 0 Å². The van der Waals surface area contributed by atoms with Gasteiger partial charge in [-0.05, 0) is 5.56 Å². The first-order valence-corrected chi connectivity index (χ1v) is 7.11. The summed E-state index contributed by atoms with van der Waals surface area (Å²) in [6, 6.07) is 7.51. The summed E-state index contributed by atoms with van der Waals surface area (Å²) in [4.78, 5) is 15.5. The zero-order valence-corrected chi connectivity index (χ0v) is 11.7. The lowest BCUT2D eigenvalue weighted by atomic mass is 10.1. The monoisotopic (exact) mass is 300 g/mol. The summed E-state index contributed by atoms with van der Waals surface area (Å²) in [6.45, 7) is 0. The predicted molar refractivity (Wildman–Crippen MR) is 80.2 cm³/mol. The molecule has 2 aromatic heterocycles. The van der Waals surface area contributed by atoms with Gasteiger partial charge in [0.05, 0.1) is 6.33 Å². The van der Waals surface area contributed by atoms with E-state index < -0.39 is 0 Å². The minimum atomic E-state index is 0.0978. The number of oxime groups is 1. The van der Waals surface area contributed by atoms with Gasteiger partial charge in [0.2, 0.25) is 0 Å². The van der Waals surface area contributed by atoms with E-state index in [-0.39, 0.29) is 5.84 Å². The van der Waals surface area contributed by atoms with Crippen molar-refractivity contribution in [3.63, 3.8) is 0 Å². The first-order valence-electron chi connectivity index (χ1n) is 6.12. The molecule has 0 bridgehead atoms. The molecule has 0 fully saturated rings. The SMILES string of the molecule is NC(=NO)c1ccccc1CSc1ncnc2nc[nH]c12. The molecule has 2 heterocycles. The number of hydrogen-bond acceptors (Lipinski definition) is 6. The van der Waals surface area contributed by atoms with Crippen LogP contribution < -0.4 is 5.73 Å². The number of aromatic nitrogens is 4. The zero-order chi connectivity index (χ0) is 14.7. The summed E-state index contributed by atoms with van der Waals surface area (Å²) >= 11 is 1.54. The van der Waals surface area contributed by atoms with Gasteiger partial charge in [0.15, 0.2) is 11.5 Å². The van der Waals surface area contributed by atoms with Gasteiger partial charge < -0.3 is 15.9 Å². The van der Waals surface area contributed by atoms with Crippen LogP contribution >= 0.6 is 11.8 Å². The Morgan fingerprint density at radius 3 is 3.00 bits per heavy atom. The molecular weight excluding hydrogens is 288 g/mol. The van der Waals surface area contributed by atoms with Crippen LogP contribution in [0, 0.1) is 0 Å². The lowest BCUT2D eigenvalue weighted by Crippen LogP contribution is -2.15. The molecule has 0 saturated heterocycles. The van der Waals surface area contributed by atoms with Crippen molar-refractivity contribution in [2.24, 2.45) is 10.9 Å². The first kappa shape index (κ1) is 13.4. The largest absolute Gasteiger partial charge is 0.409 e. The minimum Gasteiger partial charge on any atom is -0.409 e. The number of imidazole rings is 1. The predicted octanol–water partition coefficient (Wildman–Crippen LogP) is 1.74. The number of nitrogens with one attached hydrogen (secondary N) is 1. The molecule has 0 spiro atoms. The van der Waals surface area contributed by atoms with Gasteiger partial charge in [-0.3, -0.25) is 0 Å². The summed E-state index contributed by atoms with van der Waals surface area (Å²) < 4.78 is 0. The highest BCUT2D eigenvalue weighted by Crippen LogP contribution is 2.26. The number of nitrogens with zero attached hydrogens (tertiary/aromatic N) is 4. The zero-order valence-electron chi connectivity index (χ0n) is 10.9. The molecule has 4 N–H and O–H groups in total. The fourth-order valence-corrected chi connectivity index (χ4v) is 2.91. The molecule has 21 heavy (non-hydrogen) atoms. The van der Waals surface area contributed by atoms with E-state index in [1.165, 1.54) is 18.1 Å². The van der Waals surface area contributed by atoms with E-state index >= 15 is 0 Å². The summed E-state index contributed by atoms with van der Waals surface area (Å²) in [5.74, 6) is 0.734. The van der Waals surface area contributed by atoms with Crippen molar-refractivity contribution < 1.29 is 5.21 Å². The fraction of sp³-hybridized carbons (Fsp3) is 0.0769. The molecule has 3 aromatic rings. The Hall–Kier alpha value is -2.61. The van der Waals surface area contributed by atoms with Gasteiger partial charge in [0, 0.05) is 11.3 Å². The fourth-order valence-electron chi connectivity index (χ4n) is 1.95. The molecule has 106 valence electrons. The van der Waals surface area contributed by atoms with Crippen molar-refractivity contribution in [1.82, 2.24) is 19.9 Å². The van der Waals surface area contributed by atoms with Crippen molar-refractivity contribution in [1.29, 1.82) is 0 Å². The van der Waals surface area contributed by atoms with Crippen molar-refractivity contribution in [3.05, 3.63) is 48.0 Å². The molecule has 7 nitrogen and oxygen atoms in total. The number of fused-ring (bicyclic) bond motifs is 1. The van der Waals surface area contributed by atoms with Crippen molar-refractivity contribution in [3.8, 4) is 0 Å². The summed E-state index contributed by atoms with van der Waals surface area (Å²) in [5, 5.41) is 12.7. The van der Waals surface area contributed by atoms with Crippen LogP contribution in [-0.4, -0.2) is 31.0 Å². The van der Waals surface area contributed by atoms with E-state index in [0.29, 0.717) is 17.0 Å². The van der Waals surface area contributed by atoms with E-state index in [4.69, 9.17) is 10.9 Å². The average molecular weight is 300 g/mol. The number of amidine groups is 1. The molecule has 8 heteroatoms. The van der Waals surface area contributed by atoms with Gasteiger partial charge in [-0.15, -0.1) is 0 Å². The van der Waals surface area contributed by atoms with Crippen LogP contribution in [-0.2, 0) is 5.75 Å². The van der Waals surface area contributed by atoms with Gasteiger partial charge in [-0.25, -0.2) is 15.0 Å². The highest BCUT2D eigenvalue weighted by molar-refractivity contribution is 7.98. The number of hydrogen-bond donors (Lipinski definition) is 3. The third-order valence-electron chi connectivity index (χ3n) is 2.95. The molecule has 0 aliphatic rings. The normalized spacial score (nSPS) is 11.9. The Kier molecular flexibility index (Phi) is 3.69. The maximum absolute atomic E-state index is 8.83. The molecule has 0 amide bonds. The number of nitrogens with two attached hydrogens (primary N) is 1. The molecule has 0 aliphatic heterocycles. The standard InChI is InChI=1S/C13H12N6OS/c14-11(19-20)9-4-2-1-3-8(9)5-21-13-10-12(16-6-15-10)17-7-18-13/h1-4,6-7,20H,5H2,(H2,14,19)(H,15,16,17,18). The average Bonchev–Trinajstić information content (AvgIpc) is 3.01. The number of aromatic amines is 1. The highest BCUT2D eigenvalue weighted by Gasteiger charge is 2.10. The lowest BCUT2D eigenvalue weighted by Gasteiger charge is -2.07. The second-order valence-corrected chi connectivity index (χ2v) is 5.18. The summed E-state index contributed by atoms with van der Waals surface area (Å²) in [7, 11) is 0.